The smallest absolute Gasteiger partial charge is 0.280 e. The molecule has 0 rings (SSSR count). The van der Waals surface area contributed by atoms with Gasteiger partial charge in [0.2, 0.25) is 0 Å². The maximum absolute atomic E-state index is 3.68. The van der Waals surface area contributed by atoms with Crippen LogP contribution in [0.5, 0.6) is 0 Å². The van der Waals surface area contributed by atoms with Crippen LogP contribution in [0.15, 0.2) is 0 Å². The normalized spacial score (nSPS) is 12.4. The van der Waals surface area contributed by atoms with E-state index in [9.17, 15) is 0 Å². The number of hydrogen-bond acceptors (Lipinski definition) is 3. The maximum atomic E-state index is 3.68. The van der Waals surface area contributed by atoms with Crippen LogP contribution in [0.2, 0.25) is 6.04 Å². The second kappa shape index (κ2) is 7.40. The van der Waals surface area contributed by atoms with E-state index in [0.29, 0.717) is 5.92 Å². The fourth-order valence-corrected chi connectivity index (χ4v) is 4.38. The molecule has 0 fully saturated rings. The van der Waals surface area contributed by atoms with Crippen molar-refractivity contribution in [2.75, 3.05) is 20.6 Å². The molecule has 0 aromatic heterocycles. The van der Waals surface area contributed by atoms with Crippen LogP contribution in [-0.4, -0.2) is 29.2 Å². The highest BCUT2D eigenvalue weighted by Crippen LogP contribution is 2.05. The number of rotatable bonds is 8. The van der Waals surface area contributed by atoms with Crippen LogP contribution in [0, 0.1) is 5.92 Å². The molecule has 0 atom stereocenters. The molecule has 3 nitrogen and oxygen atoms in total. The van der Waals surface area contributed by atoms with E-state index in [1.165, 1.54) is 18.9 Å². The van der Waals surface area contributed by atoms with Crippen LogP contribution in [0.4, 0.5) is 0 Å². The monoisotopic (exact) mass is 217 g/mol. The first-order valence-corrected chi connectivity index (χ1v) is 7.93. The molecule has 14 heavy (non-hydrogen) atoms. The highest BCUT2D eigenvalue weighted by atomic mass is 28.4. The van der Waals surface area contributed by atoms with Gasteiger partial charge in [-0.25, -0.2) is 0 Å². The van der Waals surface area contributed by atoms with E-state index in [4.69, 9.17) is 0 Å². The topological polar surface area (TPSA) is 36.1 Å². The lowest BCUT2D eigenvalue weighted by atomic mass is 10.2. The van der Waals surface area contributed by atoms with Crippen molar-refractivity contribution in [1.82, 2.24) is 14.9 Å². The van der Waals surface area contributed by atoms with E-state index in [1.54, 1.807) is 0 Å². The van der Waals surface area contributed by atoms with Crippen molar-refractivity contribution < 1.29 is 0 Å². The second-order valence-corrected chi connectivity index (χ2v) is 7.95. The Kier molecular flexibility index (Phi) is 7.45. The Balaban J connectivity index is 4.07. The van der Waals surface area contributed by atoms with Crippen molar-refractivity contribution in [2.24, 2.45) is 5.92 Å². The molecule has 0 aliphatic carbocycles. The summed E-state index contributed by atoms with van der Waals surface area (Å²) in [4.78, 5) is 10.6. The molecule has 3 N–H and O–H groups in total. The van der Waals surface area contributed by atoms with Crippen molar-refractivity contribution >= 4 is 8.56 Å². The van der Waals surface area contributed by atoms with E-state index >= 15 is 0 Å². The summed E-state index contributed by atoms with van der Waals surface area (Å²) in [7, 11) is 2.55. The van der Waals surface area contributed by atoms with Gasteiger partial charge >= 0.3 is 0 Å². The van der Waals surface area contributed by atoms with Crippen molar-refractivity contribution in [2.45, 2.75) is 39.7 Å². The van der Waals surface area contributed by atoms with Gasteiger partial charge in [-0.05, 0) is 32.6 Å². The molecule has 0 saturated heterocycles. The number of nitrogens with one attached hydrogen (secondary N) is 3. The lowest BCUT2D eigenvalue weighted by molar-refractivity contribution is 0.607. The van der Waals surface area contributed by atoms with E-state index in [0.717, 1.165) is 6.54 Å². The van der Waals surface area contributed by atoms with Crippen LogP contribution in [-0.2, 0) is 0 Å². The molecule has 86 valence electrons. The van der Waals surface area contributed by atoms with Crippen LogP contribution in [0.1, 0.15) is 33.6 Å². The van der Waals surface area contributed by atoms with Gasteiger partial charge in [0.05, 0.1) is 0 Å². The van der Waals surface area contributed by atoms with Gasteiger partial charge in [0.1, 0.15) is 0 Å². The third-order valence-electron chi connectivity index (χ3n) is 2.57. The molecule has 0 saturated carbocycles. The first-order chi connectivity index (χ1) is 6.60. The minimum Gasteiger partial charge on any atom is -0.316 e. The van der Waals surface area contributed by atoms with Gasteiger partial charge in [-0.15, -0.1) is 0 Å². The van der Waals surface area contributed by atoms with E-state index in [1.807, 2.05) is 0 Å². The van der Waals surface area contributed by atoms with Crippen molar-refractivity contribution in [3.63, 3.8) is 0 Å². The molecule has 0 radical (unpaired) electrons. The molecule has 0 bridgehead atoms. The average Bonchev–Trinajstić information content (AvgIpc) is 2.19. The third-order valence-corrected chi connectivity index (χ3v) is 6.19. The fraction of sp³-hybridized carbons (Fsp3) is 1.00. The summed E-state index contributed by atoms with van der Waals surface area (Å²) in [5, 5.41) is 0. The van der Waals surface area contributed by atoms with Gasteiger partial charge in [-0.1, -0.05) is 33.6 Å². The van der Waals surface area contributed by atoms with Crippen molar-refractivity contribution in [1.29, 1.82) is 0 Å². The zero-order valence-electron chi connectivity index (χ0n) is 10.4. The summed E-state index contributed by atoms with van der Waals surface area (Å²) in [5.41, 5.74) is 0. The summed E-state index contributed by atoms with van der Waals surface area (Å²) in [6, 6.07) is 1.25. The Hall–Kier alpha value is 0.0969. The van der Waals surface area contributed by atoms with Gasteiger partial charge in [-0.2, -0.15) is 0 Å². The molecule has 0 aliphatic heterocycles. The van der Waals surface area contributed by atoms with Gasteiger partial charge in [-0.3, -0.25) is 0 Å². The Morgan fingerprint density at radius 2 is 1.71 bits per heavy atom. The maximum Gasteiger partial charge on any atom is 0.280 e. The summed E-state index contributed by atoms with van der Waals surface area (Å²) >= 11 is 0. The summed E-state index contributed by atoms with van der Waals surface area (Å²) in [6.45, 7) is 7.83. The second-order valence-electron chi connectivity index (χ2n) is 4.28. The zero-order valence-corrected chi connectivity index (χ0v) is 11.4. The van der Waals surface area contributed by atoms with Crippen LogP contribution in [0.3, 0.4) is 0 Å². The third kappa shape index (κ3) is 5.10. The Morgan fingerprint density at radius 1 is 1.14 bits per heavy atom. The lowest BCUT2D eigenvalue weighted by Crippen LogP contribution is -2.70. The SMILES string of the molecule is CCCC[Si](NC)(NC)NCC(C)C. The van der Waals surface area contributed by atoms with Crippen LogP contribution < -0.4 is 14.9 Å². The van der Waals surface area contributed by atoms with Gasteiger partial charge in [0.15, 0.2) is 0 Å². The number of hydrogen-bond donors (Lipinski definition) is 3. The van der Waals surface area contributed by atoms with Gasteiger partial charge in [0, 0.05) is 0 Å². The van der Waals surface area contributed by atoms with Gasteiger partial charge in [0.25, 0.3) is 8.56 Å². The molecule has 0 aliphatic rings. The Labute approximate surface area is 90.3 Å². The molecule has 0 unspecified atom stereocenters. The van der Waals surface area contributed by atoms with E-state index in [-0.39, 0.29) is 0 Å². The highest BCUT2D eigenvalue weighted by Gasteiger charge is 2.29. The summed E-state index contributed by atoms with van der Waals surface area (Å²) < 4.78 is 0. The first kappa shape index (κ1) is 14.1. The summed E-state index contributed by atoms with van der Waals surface area (Å²) in [6.07, 6.45) is 2.56. The molecule has 0 heterocycles. The first-order valence-electron chi connectivity index (χ1n) is 5.73. The minimum absolute atomic E-state index is 0.713. The van der Waals surface area contributed by atoms with Gasteiger partial charge < -0.3 is 14.9 Å². The molecular weight excluding hydrogens is 190 g/mol. The standard InChI is InChI=1S/C10H27N3Si/c1-6-7-8-14(11-4,12-5)13-9-10(2)3/h10-13H,6-9H2,1-5H3. The zero-order chi connectivity index (χ0) is 11.0. The van der Waals surface area contributed by atoms with Crippen LogP contribution >= 0.6 is 0 Å². The molecule has 0 amide bonds. The Bertz CT molecular complexity index is 135. The van der Waals surface area contributed by atoms with E-state index < -0.39 is 8.56 Å². The van der Waals surface area contributed by atoms with Crippen molar-refractivity contribution in [3.8, 4) is 0 Å². The lowest BCUT2D eigenvalue weighted by Gasteiger charge is -2.31. The average molecular weight is 217 g/mol. The largest absolute Gasteiger partial charge is 0.316 e. The quantitative estimate of drug-likeness (QED) is 0.538. The molecule has 0 spiro atoms. The highest BCUT2D eigenvalue weighted by molar-refractivity contribution is 6.72. The molecule has 0 aromatic rings. The molecule has 4 heteroatoms. The molecule has 0 aromatic carbocycles. The predicted octanol–water partition coefficient (Wildman–Crippen LogP) is 1.41. The van der Waals surface area contributed by atoms with E-state index in [2.05, 4.69) is 49.8 Å². The Morgan fingerprint density at radius 3 is 2.07 bits per heavy atom. The fourth-order valence-electron chi connectivity index (χ4n) is 1.46. The molecular formula is C10H27N3Si. The predicted molar refractivity (Wildman–Crippen MR) is 66.4 cm³/mol. The number of unbranched alkanes of at least 4 members (excludes halogenated alkanes) is 1. The minimum atomic E-state index is -1.58. The van der Waals surface area contributed by atoms with Crippen molar-refractivity contribution in [3.05, 3.63) is 0 Å². The van der Waals surface area contributed by atoms with Crippen LogP contribution in [0.25, 0.3) is 0 Å². The summed E-state index contributed by atoms with van der Waals surface area (Å²) in [5.74, 6) is 0.713.